The van der Waals surface area contributed by atoms with Crippen molar-refractivity contribution in [3.8, 4) is 0 Å². The van der Waals surface area contributed by atoms with Crippen LogP contribution in [0.5, 0.6) is 0 Å². The Kier molecular flexibility index (Phi) is 3.76. The highest BCUT2D eigenvalue weighted by Crippen LogP contribution is 2.28. The lowest BCUT2D eigenvalue weighted by Gasteiger charge is -2.44. The summed E-state index contributed by atoms with van der Waals surface area (Å²) in [5.74, 6) is 0.602. The maximum Gasteiger partial charge on any atom is 0.0402 e. The van der Waals surface area contributed by atoms with Gasteiger partial charge in [0.15, 0.2) is 0 Å². The molecule has 3 heteroatoms. The topological polar surface area (TPSA) is 18.5 Å². The van der Waals surface area contributed by atoms with Gasteiger partial charge in [-0.3, -0.25) is 4.90 Å². The highest BCUT2D eigenvalue weighted by Gasteiger charge is 2.28. The molecule has 1 aromatic rings. The van der Waals surface area contributed by atoms with Gasteiger partial charge in [0.2, 0.25) is 0 Å². The summed E-state index contributed by atoms with van der Waals surface area (Å²) in [6, 6.07) is 9.69. The first kappa shape index (κ1) is 12.9. The molecule has 1 N–H and O–H groups in total. The fraction of sp³-hybridized carbons (Fsp3) is 0.625. The average molecular weight is 259 g/mol. The molecule has 3 rings (SSSR count). The summed E-state index contributed by atoms with van der Waals surface area (Å²) < 4.78 is 0. The molecule has 2 aliphatic rings. The van der Waals surface area contributed by atoms with Gasteiger partial charge in [-0.1, -0.05) is 32.0 Å². The van der Waals surface area contributed by atoms with E-state index in [4.69, 9.17) is 0 Å². The summed E-state index contributed by atoms with van der Waals surface area (Å²) in [7, 11) is 0. The number of para-hydroxylation sites is 1. The number of hydrogen-bond acceptors (Lipinski definition) is 3. The smallest absolute Gasteiger partial charge is 0.0402 e. The van der Waals surface area contributed by atoms with Crippen LogP contribution in [0.15, 0.2) is 24.3 Å². The van der Waals surface area contributed by atoms with Gasteiger partial charge in [0, 0.05) is 51.0 Å². The lowest BCUT2D eigenvalue weighted by atomic mass is 10.00. The van der Waals surface area contributed by atoms with Gasteiger partial charge >= 0.3 is 0 Å². The molecule has 0 spiro atoms. The normalized spacial score (nSPS) is 21.7. The second kappa shape index (κ2) is 5.51. The van der Waals surface area contributed by atoms with Crippen LogP contribution >= 0.6 is 0 Å². The molecular weight excluding hydrogens is 234 g/mol. The zero-order chi connectivity index (χ0) is 13.2. The second-order valence-electron chi connectivity index (χ2n) is 6.05. The van der Waals surface area contributed by atoms with Gasteiger partial charge in [0.25, 0.3) is 0 Å². The number of benzene rings is 1. The molecule has 0 saturated carbocycles. The Bertz CT molecular complexity index is 418. The Hall–Kier alpha value is -1.06. The molecule has 0 aliphatic carbocycles. The predicted octanol–water partition coefficient (Wildman–Crippen LogP) is 1.90. The number of hydrogen-bond donors (Lipinski definition) is 1. The van der Waals surface area contributed by atoms with E-state index in [1.807, 2.05) is 0 Å². The van der Waals surface area contributed by atoms with Crippen molar-refractivity contribution in [3.05, 3.63) is 29.8 Å². The third-order valence-electron chi connectivity index (χ3n) is 4.49. The van der Waals surface area contributed by atoms with Crippen LogP contribution in [0.3, 0.4) is 0 Å². The van der Waals surface area contributed by atoms with Gasteiger partial charge in [0.05, 0.1) is 0 Å². The third-order valence-corrected chi connectivity index (χ3v) is 4.49. The minimum atomic E-state index is 0.602. The van der Waals surface area contributed by atoms with Gasteiger partial charge in [-0.25, -0.2) is 0 Å². The second-order valence-corrected chi connectivity index (χ2v) is 6.05. The summed E-state index contributed by atoms with van der Waals surface area (Å²) in [5.41, 5.74) is 2.94. The zero-order valence-electron chi connectivity index (χ0n) is 12.1. The minimum Gasteiger partial charge on any atom is -0.369 e. The van der Waals surface area contributed by atoms with Crippen molar-refractivity contribution < 1.29 is 0 Å². The van der Waals surface area contributed by atoms with Gasteiger partial charge < -0.3 is 10.2 Å². The van der Waals surface area contributed by atoms with E-state index in [0.717, 1.165) is 6.04 Å². The molecule has 3 nitrogen and oxygen atoms in total. The van der Waals surface area contributed by atoms with Crippen LogP contribution in [0, 0.1) is 0 Å². The summed E-state index contributed by atoms with van der Waals surface area (Å²) in [4.78, 5) is 5.21. The van der Waals surface area contributed by atoms with E-state index in [9.17, 15) is 0 Å². The average Bonchev–Trinajstić information content (AvgIpc) is 2.37. The van der Waals surface area contributed by atoms with E-state index < -0.39 is 0 Å². The fourth-order valence-electron chi connectivity index (χ4n) is 3.12. The Morgan fingerprint density at radius 1 is 1.05 bits per heavy atom. The molecule has 2 aliphatic heterocycles. The van der Waals surface area contributed by atoms with Crippen LogP contribution in [0.25, 0.3) is 0 Å². The van der Waals surface area contributed by atoms with Crippen molar-refractivity contribution in [2.24, 2.45) is 0 Å². The maximum atomic E-state index is 3.37. The molecular formula is C16H25N3. The standard InChI is InChI=1S/C16H25N3/c1-13(2)15-5-3-4-6-16(15)19-9-7-18(8-10-19)14-11-17-12-14/h3-6,13-14,17H,7-12H2,1-2H3. The largest absolute Gasteiger partial charge is 0.369 e. The van der Waals surface area contributed by atoms with E-state index in [1.54, 1.807) is 0 Å². The molecule has 19 heavy (non-hydrogen) atoms. The fourth-order valence-corrected chi connectivity index (χ4v) is 3.12. The van der Waals surface area contributed by atoms with Crippen LogP contribution in [-0.4, -0.2) is 50.2 Å². The van der Waals surface area contributed by atoms with Crippen molar-refractivity contribution in [1.82, 2.24) is 10.2 Å². The van der Waals surface area contributed by atoms with Gasteiger partial charge in [-0.05, 0) is 17.5 Å². The van der Waals surface area contributed by atoms with E-state index in [-0.39, 0.29) is 0 Å². The third kappa shape index (κ3) is 2.63. The summed E-state index contributed by atoms with van der Waals surface area (Å²) >= 11 is 0. The molecule has 2 fully saturated rings. The van der Waals surface area contributed by atoms with E-state index in [1.165, 1.54) is 50.5 Å². The van der Waals surface area contributed by atoms with Crippen molar-refractivity contribution in [1.29, 1.82) is 0 Å². The Labute approximate surface area is 116 Å². The minimum absolute atomic E-state index is 0.602. The number of nitrogens with one attached hydrogen (secondary N) is 1. The molecule has 2 saturated heterocycles. The van der Waals surface area contributed by atoms with Crippen LogP contribution in [-0.2, 0) is 0 Å². The first-order chi connectivity index (χ1) is 9.25. The van der Waals surface area contributed by atoms with E-state index >= 15 is 0 Å². The molecule has 0 amide bonds. The molecule has 104 valence electrons. The predicted molar refractivity (Wildman–Crippen MR) is 81.0 cm³/mol. The van der Waals surface area contributed by atoms with E-state index in [2.05, 4.69) is 53.2 Å². The first-order valence-electron chi connectivity index (χ1n) is 7.54. The van der Waals surface area contributed by atoms with Gasteiger partial charge in [-0.2, -0.15) is 0 Å². The summed E-state index contributed by atoms with van der Waals surface area (Å²) in [6.45, 7) is 11.7. The van der Waals surface area contributed by atoms with E-state index in [0.29, 0.717) is 5.92 Å². The van der Waals surface area contributed by atoms with Crippen molar-refractivity contribution >= 4 is 5.69 Å². The van der Waals surface area contributed by atoms with Crippen LogP contribution in [0.1, 0.15) is 25.3 Å². The van der Waals surface area contributed by atoms with Crippen molar-refractivity contribution in [2.45, 2.75) is 25.8 Å². The van der Waals surface area contributed by atoms with Gasteiger partial charge in [-0.15, -0.1) is 0 Å². The quantitative estimate of drug-likeness (QED) is 0.894. The lowest BCUT2D eigenvalue weighted by Crippen LogP contribution is -2.61. The highest BCUT2D eigenvalue weighted by atomic mass is 15.3. The van der Waals surface area contributed by atoms with Crippen molar-refractivity contribution in [3.63, 3.8) is 0 Å². The summed E-state index contributed by atoms with van der Waals surface area (Å²) in [6.07, 6.45) is 0. The molecule has 0 aromatic heterocycles. The monoisotopic (exact) mass is 259 g/mol. The zero-order valence-corrected chi connectivity index (χ0v) is 12.1. The Morgan fingerprint density at radius 3 is 2.32 bits per heavy atom. The summed E-state index contributed by atoms with van der Waals surface area (Å²) in [5, 5.41) is 3.37. The van der Waals surface area contributed by atoms with Crippen LogP contribution in [0.2, 0.25) is 0 Å². The first-order valence-corrected chi connectivity index (χ1v) is 7.54. The molecule has 0 atom stereocenters. The van der Waals surface area contributed by atoms with Crippen LogP contribution in [0.4, 0.5) is 5.69 Å². The maximum absolute atomic E-state index is 3.37. The number of piperazine rings is 1. The molecule has 0 radical (unpaired) electrons. The molecule has 0 unspecified atom stereocenters. The molecule has 1 aromatic carbocycles. The highest BCUT2D eigenvalue weighted by molar-refractivity contribution is 5.55. The van der Waals surface area contributed by atoms with Gasteiger partial charge in [0.1, 0.15) is 0 Å². The van der Waals surface area contributed by atoms with Crippen molar-refractivity contribution in [2.75, 3.05) is 44.2 Å². The lowest BCUT2D eigenvalue weighted by molar-refractivity contribution is 0.138. The van der Waals surface area contributed by atoms with Crippen LogP contribution < -0.4 is 10.2 Å². The molecule has 0 bridgehead atoms. The number of anilines is 1. The SMILES string of the molecule is CC(C)c1ccccc1N1CCN(C2CNC2)CC1. The Balaban J connectivity index is 1.67. The Morgan fingerprint density at radius 2 is 1.74 bits per heavy atom. The number of rotatable bonds is 3. The number of nitrogens with zero attached hydrogens (tertiary/aromatic N) is 2. The molecule has 2 heterocycles.